The summed E-state index contributed by atoms with van der Waals surface area (Å²) in [6, 6.07) is 9.48. The van der Waals surface area contributed by atoms with Crippen LogP contribution >= 0.6 is 0 Å². The van der Waals surface area contributed by atoms with E-state index in [0.717, 1.165) is 5.69 Å². The molecule has 1 aromatic rings. The van der Waals surface area contributed by atoms with Crippen LogP contribution in [0.5, 0.6) is 0 Å². The number of carbonyl (C=O) groups is 1. The normalized spacial score (nSPS) is 16.2. The second-order valence-corrected chi connectivity index (χ2v) is 2.79. The zero-order valence-corrected chi connectivity index (χ0v) is 6.97. The van der Waals surface area contributed by atoms with E-state index in [0.29, 0.717) is 0 Å². The molecule has 1 aliphatic rings. The predicted molar refractivity (Wildman–Crippen MR) is 50.4 cm³/mol. The highest BCUT2D eigenvalue weighted by atomic mass is 16.2. The lowest BCUT2D eigenvalue weighted by atomic mass is 10.3. The summed E-state index contributed by atoms with van der Waals surface area (Å²) in [5, 5.41) is 0. The molecule has 0 atom stereocenters. The summed E-state index contributed by atoms with van der Waals surface area (Å²) in [6.45, 7) is 0.246. The van der Waals surface area contributed by atoms with Gasteiger partial charge >= 0.3 is 0 Å². The van der Waals surface area contributed by atoms with Gasteiger partial charge in [-0.25, -0.2) is 0 Å². The highest BCUT2D eigenvalue weighted by molar-refractivity contribution is 6.10. The Morgan fingerprint density at radius 2 is 2.00 bits per heavy atom. The molecule has 0 spiro atoms. The smallest absolute Gasteiger partial charge is 0.268 e. The van der Waals surface area contributed by atoms with Crippen LogP contribution in [0.3, 0.4) is 0 Å². The number of nitrogens with zero attached hydrogens (tertiary/aromatic N) is 2. The Bertz CT molecular complexity index is 358. The molecular weight excluding hydrogens is 166 g/mol. The third kappa shape index (κ3) is 1.38. The van der Waals surface area contributed by atoms with Gasteiger partial charge < -0.3 is 10.6 Å². The Labute approximate surface area is 75.7 Å². The quantitative estimate of drug-likeness (QED) is 0.669. The van der Waals surface area contributed by atoms with Crippen LogP contribution in [0.1, 0.15) is 0 Å². The number of para-hydroxylation sites is 1. The summed E-state index contributed by atoms with van der Waals surface area (Å²) in [5.74, 6) is 0.0811. The fourth-order valence-corrected chi connectivity index (χ4v) is 1.27. The van der Waals surface area contributed by atoms with Crippen LogP contribution in [0, 0.1) is 0 Å². The first-order valence-corrected chi connectivity index (χ1v) is 3.97. The molecule has 0 saturated heterocycles. The first kappa shape index (κ1) is 7.79. The van der Waals surface area contributed by atoms with E-state index in [1.165, 1.54) is 0 Å². The van der Waals surface area contributed by atoms with E-state index < -0.39 is 0 Å². The van der Waals surface area contributed by atoms with Gasteiger partial charge in [-0.1, -0.05) is 18.2 Å². The number of rotatable bonds is 1. The Hall–Kier alpha value is -1.84. The second-order valence-electron chi connectivity index (χ2n) is 2.79. The van der Waals surface area contributed by atoms with E-state index in [4.69, 9.17) is 5.73 Å². The molecule has 2 rings (SSSR count). The number of nitrogens with two attached hydrogens (primary N) is 1. The molecular formula is C9H9N3O. The Morgan fingerprint density at radius 1 is 1.31 bits per heavy atom. The number of carbonyl (C=O) groups excluding carboxylic acids is 1. The van der Waals surface area contributed by atoms with Crippen LogP contribution in [0.2, 0.25) is 0 Å². The van der Waals surface area contributed by atoms with Crippen LogP contribution in [-0.2, 0) is 4.79 Å². The molecule has 0 fully saturated rings. The maximum atomic E-state index is 10.9. The van der Waals surface area contributed by atoms with Crippen molar-refractivity contribution in [3.05, 3.63) is 30.3 Å². The van der Waals surface area contributed by atoms with Gasteiger partial charge in [0.15, 0.2) is 0 Å². The summed E-state index contributed by atoms with van der Waals surface area (Å²) in [6.07, 6.45) is 0. The van der Waals surface area contributed by atoms with Crippen LogP contribution in [0.15, 0.2) is 35.3 Å². The summed E-state index contributed by atoms with van der Waals surface area (Å²) in [4.78, 5) is 16.2. The van der Waals surface area contributed by atoms with Gasteiger partial charge in [0.25, 0.3) is 5.91 Å². The average Bonchev–Trinajstić information content (AvgIpc) is 2.47. The highest BCUT2D eigenvalue weighted by Gasteiger charge is 2.21. The van der Waals surface area contributed by atoms with Crippen molar-refractivity contribution in [2.45, 2.75) is 0 Å². The molecule has 1 amide bonds. The third-order valence-corrected chi connectivity index (χ3v) is 1.88. The van der Waals surface area contributed by atoms with Gasteiger partial charge in [-0.05, 0) is 12.1 Å². The van der Waals surface area contributed by atoms with Gasteiger partial charge in [0.05, 0.1) is 0 Å². The molecule has 0 aromatic heterocycles. The van der Waals surface area contributed by atoms with Crippen molar-refractivity contribution in [1.29, 1.82) is 0 Å². The van der Waals surface area contributed by atoms with Gasteiger partial charge in [0, 0.05) is 5.69 Å². The lowest BCUT2D eigenvalue weighted by molar-refractivity contribution is -0.115. The van der Waals surface area contributed by atoms with Gasteiger partial charge in [-0.3, -0.25) is 4.79 Å². The Balaban J connectivity index is 2.30. The largest absolute Gasteiger partial charge is 0.369 e. The van der Waals surface area contributed by atoms with Crippen molar-refractivity contribution in [1.82, 2.24) is 0 Å². The highest BCUT2D eigenvalue weighted by Crippen LogP contribution is 2.15. The topological polar surface area (TPSA) is 58.7 Å². The molecule has 13 heavy (non-hydrogen) atoms. The van der Waals surface area contributed by atoms with Gasteiger partial charge in [0.1, 0.15) is 6.54 Å². The molecule has 2 N–H and O–H groups in total. The minimum absolute atomic E-state index is 0.193. The van der Waals surface area contributed by atoms with Crippen molar-refractivity contribution in [3.8, 4) is 0 Å². The monoisotopic (exact) mass is 175 g/mol. The molecule has 4 heteroatoms. The predicted octanol–water partition coefficient (Wildman–Crippen LogP) is 0.348. The number of anilines is 1. The van der Waals surface area contributed by atoms with Crippen LogP contribution in [0.4, 0.5) is 5.69 Å². The van der Waals surface area contributed by atoms with E-state index in [-0.39, 0.29) is 18.4 Å². The maximum absolute atomic E-state index is 10.9. The van der Waals surface area contributed by atoms with E-state index in [9.17, 15) is 4.79 Å². The first-order chi connectivity index (χ1) is 6.27. The van der Waals surface area contributed by atoms with E-state index >= 15 is 0 Å². The lowest BCUT2D eigenvalue weighted by Gasteiger charge is -2.15. The van der Waals surface area contributed by atoms with Crippen molar-refractivity contribution in [2.75, 3.05) is 11.4 Å². The molecule has 0 aliphatic carbocycles. The van der Waals surface area contributed by atoms with Crippen LogP contribution in [-0.4, -0.2) is 18.4 Å². The number of amides is 1. The first-order valence-electron chi connectivity index (χ1n) is 3.97. The zero-order chi connectivity index (χ0) is 9.26. The number of hydrogen-bond acceptors (Lipinski definition) is 3. The molecule has 0 unspecified atom stereocenters. The van der Waals surface area contributed by atoms with Crippen molar-refractivity contribution < 1.29 is 4.79 Å². The molecule has 1 aliphatic heterocycles. The molecule has 4 nitrogen and oxygen atoms in total. The van der Waals surface area contributed by atoms with Gasteiger partial charge in [-0.15, -0.1) is 0 Å². The molecule has 0 saturated carbocycles. The summed E-state index contributed by atoms with van der Waals surface area (Å²) >= 11 is 0. The second kappa shape index (κ2) is 2.90. The molecule has 66 valence electrons. The number of benzene rings is 1. The number of guanidine groups is 1. The fourth-order valence-electron chi connectivity index (χ4n) is 1.27. The van der Waals surface area contributed by atoms with Crippen molar-refractivity contribution in [2.24, 2.45) is 10.7 Å². The van der Waals surface area contributed by atoms with E-state index in [2.05, 4.69) is 4.99 Å². The molecule has 0 radical (unpaired) electrons. The van der Waals surface area contributed by atoms with Crippen molar-refractivity contribution >= 4 is 17.6 Å². The standard InChI is InChI=1S/C9H9N3O/c10-9-11-8(13)6-12(9)7-4-2-1-3-5-7/h1-5H,6H2,(H2,10,11,13). The minimum atomic E-state index is -0.193. The minimum Gasteiger partial charge on any atom is -0.369 e. The summed E-state index contributed by atoms with van der Waals surface area (Å²) in [5.41, 5.74) is 6.45. The fraction of sp³-hybridized carbons (Fsp3) is 0.111. The molecule has 0 bridgehead atoms. The molecule has 1 aromatic carbocycles. The van der Waals surface area contributed by atoms with Gasteiger partial charge in [0.2, 0.25) is 5.96 Å². The van der Waals surface area contributed by atoms with Crippen LogP contribution in [0.25, 0.3) is 0 Å². The average molecular weight is 175 g/mol. The third-order valence-electron chi connectivity index (χ3n) is 1.88. The van der Waals surface area contributed by atoms with E-state index in [1.54, 1.807) is 4.90 Å². The summed E-state index contributed by atoms with van der Waals surface area (Å²) in [7, 11) is 0. The molecule has 1 heterocycles. The van der Waals surface area contributed by atoms with E-state index in [1.807, 2.05) is 30.3 Å². The number of hydrogen-bond donors (Lipinski definition) is 1. The SMILES string of the molecule is NC1=NC(=O)CN1c1ccccc1. The Morgan fingerprint density at radius 3 is 2.54 bits per heavy atom. The zero-order valence-electron chi connectivity index (χ0n) is 6.97. The number of aliphatic imine (C=N–C) groups is 1. The Kier molecular flexibility index (Phi) is 1.73. The van der Waals surface area contributed by atoms with Crippen molar-refractivity contribution in [3.63, 3.8) is 0 Å². The lowest BCUT2D eigenvalue weighted by Crippen LogP contribution is -2.33. The van der Waals surface area contributed by atoms with Crippen LogP contribution < -0.4 is 10.6 Å². The summed E-state index contributed by atoms with van der Waals surface area (Å²) < 4.78 is 0. The maximum Gasteiger partial charge on any atom is 0.268 e. The van der Waals surface area contributed by atoms with Gasteiger partial charge in [-0.2, -0.15) is 4.99 Å².